The van der Waals surface area contributed by atoms with Crippen LogP contribution in [0.4, 0.5) is 4.79 Å². The summed E-state index contributed by atoms with van der Waals surface area (Å²) in [6, 6.07) is 0. The van der Waals surface area contributed by atoms with Crippen molar-refractivity contribution in [3.8, 4) is 0 Å². The maximum absolute atomic E-state index is 11.6. The molecule has 0 radical (unpaired) electrons. The van der Waals surface area contributed by atoms with Crippen molar-refractivity contribution in [1.82, 2.24) is 4.90 Å². The highest BCUT2D eigenvalue weighted by molar-refractivity contribution is 7.98. The van der Waals surface area contributed by atoms with Gasteiger partial charge in [0.05, 0.1) is 0 Å². The summed E-state index contributed by atoms with van der Waals surface area (Å²) in [6.07, 6.45) is 1.32. The van der Waals surface area contributed by atoms with Crippen molar-refractivity contribution in [2.24, 2.45) is 0 Å². The van der Waals surface area contributed by atoms with Crippen LogP contribution in [-0.4, -0.2) is 52.8 Å². The Bertz CT molecular complexity index is 250. The van der Waals surface area contributed by atoms with Crippen LogP contribution in [0.3, 0.4) is 0 Å². The van der Waals surface area contributed by atoms with E-state index in [2.05, 4.69) is 0 Å². The molecule has 5 nitrogen and oxygen atoms in total. The zero-order chi connectivity index (χ0) is 12.8. The van der Waals surface area contributed by atoms with E-state index in [1.54, 1.807) is 32.5 Å². The van der Waals surface area contributed by atoms with Crippen LogP contribution in [0.1, 0.15) is 20.8 Å². The van der Waals surface area contributed by atoms with E-state index in [0.29, 0.717) is 12.3 Å². The third kappa shape index (κ3) is 7.39. The van der Waals surface area contributed by atoms with Gasteiger partial charge in [-0.1, -0.05) is 0 Å². The van der Waals surface area contributed by atoms with Crippen LogP contribution in [0.15, 0.2) is 0 Å². The minimum Gasteiger partial charge on any atom is -0.480 e. The van der Waals surface area contributed by atoms with Gasteiger partial charge in [0.15, 0.2) is 0 Å². The van der Waals surface area contributed by atoms with Gasteiger partial charge < -0.3 is 9.84 Å². The van der Waals surface area contributed by atoms with Crippen molar-refractivity contribution >= 4 is 23.8 Å². The molecule has 0 aromatic heterocycles. The van der Waals surface area contributed by atoms with E-state index < -0.39 is 17.7 Å². The standard InChI is InChI=1S/C10H19NO4S/c1-10(2,3)15-9(14)11(5-6-16-4)7-8(12)13/h5-7H2,1-4H3,(H,12,13). The van der Waals surface area contributed by atoms with Crippen molar-refractivity contribution < 1.29 is 19.4 Å². The Balaban J connectivity index is 4.37. The number of thioether (sulfide) groups is 1. The molecular formula is C10H19NO4S. The molecule has 0 saturated carbocycles. The zero-order valence-electron chi connectivity index (χ0n) is 10.1. The Hall–Kier alpha value is -0.910. The fraction of sp³-hybridized carbons (Fsp3) is 0.800. The van der Waals surface area contributed by atoms with Gasteiger partial charge in [-0.2, -0.15) is 11.8 Å². The lowest BCUT2D eigenvalue weighted by atomic mass is 10.2. The zero-order valence-corrected chi connectivity index (χ0v) is 11.0. The molecule has 1 N–H and O–H groups in total. The summed E-state index contributed by atoms with van der Waals surface area (Å²) in [6.45, 7) is 5.30. The minimum absolute atomic E-state index is 0.324. The molecule has 0 rings (SSSR count). The molecule has 0 aliphatic heterocycles. The molecule has 0 saturated heterocycles. The Kier molecular flexibility index (Phi) is 6.25. The molecule has 0 aromatic carbocycles. The molecule has 0 unspecified atom stereocenters. The van der Waals surface area contributed by atoms with Gasteiger partial charge in [0.25, 0.3) is 0 Å². The molecule has 16 heavy (non-hydrogen) atoms. The predicted molar refractivity (Wildman–Crippen MR) is 63.8 cm³/mol. The fourth-order valence-electron chi connectivity index (χ4n) is 0.926. The van der Waals surface area contributed by atoms with Gasteiger partial charge in [-0.15, -0.1) is 0 Å². The van der Waals surface area contributed by atoms with Gasteiger partial charge in [0.2, 0.25) is 0 Å². The minimum atomic E-state index is -1.04. The molecule has 0 aromatic rings. The lowest BCUT2D eigenvalue weighted by molar-refractivity contribution is -0.138. The lowest BCUT2D eigenvalue weighted by Gasteiger charge is -2.26. The summed E-state index contributed by atoms with van der Waals surface area (Å²) in [7, 11) is 0. The number of ether oxygens (including phenoxy) is 1. The molecule has 0 bridgehead atoms. The number of nitrogens with zero attached hydrogens (tertiary/aromatic N) is 1. The Labute approximate surface area is 100 Å². The molecule has 0 aliphatic rings. The maximum atomic E-state index is 11.6. The van der Waals surface area contributed by atoms with Crippen molar-refractivity contribution in [3.63, 3.8) is 0 Å². The molecule has 0 atom stereocenters. The third-order valence-electron chi connectivity index (χ3n) is 1.54. The monoisotopic (exact) mass is 249 g/mol. The number of carboxylic acids is 1. The average Bonchev–Trinajstić information content (AvgIpc) is 2.08. The number of carbonyl (C=O) groups is 2. The first kappa shape index (κ1) is 15.1. The van der Waals surface area contributed by atoms with Crippen LogP contribution < -0.4 is 0 Å². The molecule has 0 aliphatic carbocycles. The summed E-state index contributed by atoms with van der Waals surface area (Å²) in [4.78, 5) is 23.4. The second-order valence-corrected chi connectivity index (χ2v) is 5.27. The fourth-order valence-corrected chi connectivity index (χ4v) is 1.33. The number of hydrogen-bond acceptors (Lipinski definition) is 4. The number of amides is 1. The van der Waals surface area contributed by atoms with E-state index >= 15 is 0 Å². The van der Waals surface area contributed by atoms with Crippen LogP contribution in [0, 0.1) is 0 Å². The maximum Gasteiger partial charge on any atom is 0.410 e. The summed E-state index contributed by atoms with van der Waals surface area (Å²) in [5.74, 6) is -0.348. The summed E-state index contributed by atoms with van der Waals surface area (Å²) < 4.78 is 5.11. The van der Waals surface area contributed by atoms with Gasteiger partial charge in [0, 0.05) is 12.3 Å². The van der Waals surface area contributed by atoms with Crippen LogP contribution >= 0.6 is 11.8 Å². The van der Waals surface area contributed by atoms with E-state index in [1.807, 2.05) is 6.26 Å². The SMILES string of the molecule is CSCCN(CC(=O)O)C(=O)OC(C)(C)C. The Morgan fingerprint density at radius 1 is 1.38 bits per heavy atom. The molecule has 1 amide bonds. The third-order valence-corrected chi connectivity index (χ3v) is 2.13. The number of rotatable bonds is 5. The van der Waals surface area contributed by atoms with Crippen molar-refractivity contribution in [1.29, 1.82) is 0 Å². The largest absolute Gasteiger partial charge is 0.480 e. The van der Waals surface area contributed by atoms with E-state index in [-0.39, 0.29) is 6.54 Å². The highest BCUT2D eigenvalue weighted by Crippen LogP contribution is 2.10. The first-order chi connectivity index (χ1) is 7.26. The van der Waals surface area contributed by atoms with Crippen LogP contribution in [0.2, 0.25) is 0 Å². The highest BCUT2D eigenvalue weighted by Gasteiger charge is 2.23. The van der Waals surface area contributed by atoms with Crippen molar-refractivity contribution in [2.75, 3.05) is 25.1 Å². The molecule has 0 fully saturated rings. The van der Waals surface area contributed by atoms with Crippen molar-refractivity contribution in [3.05, 3.63) is 0 Å². The van der Waals surface area contributed by atoms with Crippen LogP contribution in [-0.2, 0) is 9.53 Å². The van der Waals surface area contributed by atoms with E-state index in [1.165, 1.54) is 4.90 Å². The molecule has 94 valence electrons. The Morgan fingerprint density at radius 2 is 1.94 bits per heavy atom. The number of aliphatic carboxylic acids is 1. The molecule has 6 heteroatoms. The van der Waals surface area contributed by atoms with Gasteiger partial charge in [-0.05, 0) is 27.0 Å². The molecule has 0 heterocycles. The number of carboxylic acid groups (broad SMARTS) is 1. The van der Waals surface area contributed by atoms with Crippen LogP contribution in [0.25, 0.3) is 0 Å². The van der Waals surface area contributed by atoms with Gasteiger partial charge in [-0.25, -0.2) is 4.79 Å². The van der Waals surface area contributed by atoms with E-state index in [4.69, 9.17) is 9.84 Å². The topological polar surface area (TPSA) is 66.8 Å². The summed E-state index contributed by atoms with van der Waals surface area (Å²) >= 11 is 1.55. The first-order valence-electron chi connectivity index (χ1n) is 4.95. The smallest absolute Gasteiger partial charge is 0.410 e. The van der Waals surface area contributed by atoms with E-state index in [9.17, 15) is 9.59 Å². The highest BCUT2D eigenvalue weighted by atomic mass is 32.2. The Morgan fingerprint density at radius 3 is 2.31 bits per heavy atom. The van der Waals surface area contributed by atoms with Crippen LogP contribution in [0.5, 0.6) is 0 Å². The second-order valence-electron chi connectivity index (χ2n) is 4.29. The van der Waals surface area contributed by atoms with Gasteiger partial charge in [-0.3, -0.25) is 9.69 Å². The molecular weight excluding hydrogens is 230 g/mol. The summed E-state index contributed by atoms with van der Waals surface area (Å²) in [5, 5.41) is 8.67. The van der Waals surface area contributed by atoms with Crippen molar-refractivity contribution in [2.45, 2.75) is 26.4 Å². The van der Waals surface area contributed by atoms with E-state index in [0.717, 1.165) is 0 Å². The number of carbonyl (C=O) groups excluding carboxylic acids is 1. The quantitative estimate of drug-likeness (QED) is 0.802. The lowest BCUT2D eigenvalue weighted by Crippen LogP contribution is -2.41. The average molecular weight is 249 g/mol. The van der Waals surface area contributed by atoms with Gasteiger partial charge in [0.1, 0.15) is 12.1 Å². The first-order valence-corrected chi connectivity index (χ1v) is 6.34. The number of hydrogen-bond donors (Lipinski definition) is 1. The second kappa shape index (κ2) is 6.62. The predicted octanol–water partition coefficient (Wildman–Crippen LogP) is 1.67. The van der Waals surface area contributed by atoms with Gasteiger partial charge >= 0.3 is 12.1 Å². The normalized spacial score (nSPS) is 11.0. The molecule has 0 spiro atoms. The summed E-state index contributed by atoms with van der Waals surface area (Å²) in [5.41, 5.74) is -0.604.